The van der Waals surface area contributed by atoms with Crippen molar-refractivity contribution >= 4 is 17.7 Å². The fourth-order valence-electron chi connectivity index (χ4n) is 1.25. The molecule has 0 amide bonds. The summed E-state index contributed by atoms with van der Waals surface area (Å²) in [5.74, 6) is -3.01. The van der Waals surface area contributed by atoms with Gasteiger partial charge in [0.15, 0.2) is 11.6 Å². The summed E-state index contributed by atoms with van der Waals surface area (Å²) in [6.45, 7) is 0. The van der Waals surface area contributed by atoms with Crippen LogP contribution in [0, 0.1) is 11.6 Å². The molecular formula is C12H7F2NO2S. The number of pyridine rings is 1. The van der Waals surface area contributed by atoms with Gasteiger partial charge in [-0.25, -0.2) is 18.6 Å². The molecule has 0 bridgehead atoms. The topological polar surface area (TPSA) is 50.2 Å². The first-order chi connectivity index (χ1) is 8.56. The van der Waals surface area contributed by atoms with E-state index in [2.05, 4.69) is 4.98 Å². The third-order valence-electron chi connectivity index (χ3n) is 2.06. The Bertz CT molecular complexity index is 604. The van der Waals surface area contributed by atoms with Crippen LogP contribution in [-0.4, -0.2) is 16.1 Å². The summed E-state index contributed by atoms with van der Waals surface area (Å²) < 4.78 is 25.7. The quantitative estimate of drug-likeness (QED) is 0.927. The summed E-state index contributed by atoms with van der Waals surface area (Å²) >= 11 is 1.06. The molecule has 6 heteroatoms. The van der Waals surface area contributed by atoms with Gasteiger partial charge in [-0.15, -0.1) is 0 Å². The zero-order chi connectivity index (χ0) is 13.1. The van der Waals surface area contributed by atoms with E-state index < -0.39 is 17.6 Å². The summed E-state index contributed by atoms with van der Waals surface area (Å²) in [6.07, 6.45) is 0. The molecule has 0 aliphatic rings. The van der Waals surface area contributed by atoms with Gasteiger partial charge in [0, 0.05) is 4.90 Å². The zero-order valence-corrected chi connectivity index (χ0v) is 9.75. The number of aromatic carboxylic acids is 1. The highest BCUT2D eigenvalue weighted by atomic mass is 32.2. The van der Waals surface area contributed by atoms with Gasteiger partial charge in [0.25, 0.3) is 0 Å². The molecule has 0 saturated heterocycles. The average molecular weight is 267 g/mol. The fourth-order valence-corrected chi connectivity index (χ4v) is 2.08. The maximum atomic E-state index is 13.0. The molecule has 0 aliphatic carbocycles. The lowest BCUT2D eigenvalue weighted by atomic mass is 10.3. The van der Waals surface area contributed by atoms with Gasteiger partial charge in [-0.1, -0.05) is 17.8 Å². The largest absolute Gasteiger partial charge is 0.477 e. The minimum atomic E-state index is -1.14. The van der Waals surface area contributed by atoms with Crippen LogP contribution in [0.2, 0.25) is 0 Å². The van der Waals surface area contributed by atoms with Crippen LogP contribution in [0.15, 0.2) is 46.3 Å². The van der Waals surface area contributed by atoms with Gasteiger partial charge in [0.1, 0.15) is 10.7 Å². The van der Waals surface area contributed by atoms with Crippen molar-refractivity contribution in [3.05, 3.63) is 53.7 Å². The van der Waals surface area contributed by atoms with Crippen molar-refractivity contribution in [1.82, 2.24) is 4.98 Å². The predicted octanol–water partition coefficient (Wildman–Crippen LogP) is 3.21. The summed E-state index contributed by atoms with van der Waals surface area (Å²) in [5.41, 5.74) is -0.0948. The Morgan fingerprint density at radius 2 is 1.94 bits per heavy atom. The fraction of sp³-hybridized carbons (Fsp3) is 0. The van der Waals surface area contributed by atoms with E-state index in [1.165, 1.54) is 12.1 Å². The number of nitrogens with zero attached hydrogens (tertiary/aromatic N) is 1. The second-order valence-corrected chi connectivity index (χ2v) is 4.44. The van der Waals surface area contributed by atoms with Crippen LogP contribution < -0.4 is 0 Å². The number of halogens is 2. The molecule has 1 aromatic carbocycles. The highest BCUT2D eigenvalue weighted by Crippen LogP contribution is 2.27. The van der Waals surface area contributed by atoms with E-state index in [-0.39, 0.29) is 5.69 Å². The van der Waals surface area contributed by atoms with Crippen molar-refractivity contribution in [3.63, 3.8) is 0 Å². The molecule has 0 fully saturated rings. The molecular weight excluding hydrogens is 260 g/mol. The smallest absolute Gasteiger partial charge is 0.354 e. The first-order valence-electron chi connectivity index (χ1n) is 4.89. The second kappa shape index (κ2) is 5.14. The van der Waals surface area contributed by atoms with Crippen molar-refractivity contribution in [2.75, 3.05) is 0 Å². The predicted molar refractivity (Wildman–Crippen MR) is 61.7 cm³/mol. The molecule has 2 aromatic rings. The van der Waals surface area contributed by atoms with Gasteiger partial charge < -0.3 is 5.11 Å². The van der Waals surface area contributed by atoms with Crippen LogP contribution in [-0.2, 0) is 0 Å². The minimum Gasteiger partial charge on any atom is -0.477 e. The average Bonchev–Trinajstić information content (AvgIpc) is 2.34. The molecule has 1 heterocycles. The highest BCUT2D eigenvalue weighted by molar-refractivity contribution is 7.99. The maximum Gasteiger partial charge on any atom is 0.354 e. The number of aromatic nitrogens is 1. The van der Waals surface area contributed by atoms with Crippen LogP contribution in [0.1, 0.15) is 10.5 Å². The number of hydrogen-bond acceptors (Lipinski definition) is 3. The van der Waals surface area contributed by atoms with Crippen molar-refractivity contribution in [2.45, 2.75) is 9.92 Å². The van der Waals surface area contributed by atoms with Crippen molar-refractivity contribution in [2.24, 2.45) is 0 Å². The summed E-state index contributed by atoms with van der Waals surface area (Å²) in [6, 6.07) is 7.95. The molecule has 0 atom stereocenters. The number of carboxylic acid groups (broad SMARTS) is 1. The van der Waals surface area contributed by atoms with Crippen LogP contribution in [0.25, 0.3) is 0 Å². The summed E-state index contributed by atoms with van der Waals surface area (Å²) in [4.78, 5) is 15.0. The van der Waals surface area contributed by atoms with Gasteiger partial charge in [0.2, 0.25) is 0 Å². The van der Waals surface area contributed by atoms with Crippen molar-refractivity contribution in [1.29, 1.82) is 0 Å². The Balaban J connectivity index is 2.25. The zero-order valence-electron chi connectivity index (χ0n) is 8.93. The normalized spacial score (nSPS) is 10.3. The molecule has 3 nitrogen and oxygen atoms in total. The number of carbonyl (C=O) groups is 1. The molecule has 0 aliphatic heterocycles. The van der Waals surface area contributed by atoms with Gasteiger partial charge in [0.05, 0.1) is 0 Å². The lowest BCUT2D eigenvalue weighted by Crippen LogP contribution is -1.99. The lowest BCUT2D eigenvalue weighted by molar-refractivity contribution is 0.0689. The monoisotopic (exact) mass is 267 g/mol. The SMILES string of the molecule is O=C(O)c1cccc(Sc2ccc(F)c(F)c2)n1. The van der Waals surface area contributed by atoms with E-state index in [9.17, 15) is 13.6 Å². The van der Waals surface area contributed by atoms with Gasteiger partial charge in [-0.05, 0) is 30.3 Å². The first kappa shape index (κ1) is 12.5. The molecule has 18 heavy (non-hydrogen) atoms. The van der Waals surface area contributed by atoms with E-state index in [0.717, 1.165) is 23.9 Å². The van der Waals surface area contributed by atoms with E-state index in [0.29, 0.717) is 9.92 Å². The Morgan fingerprint density at radius 1 is 1.17 bits per heavy atom. The second-order valence-electron chi connectivity index (χ2n) is 3.34. The molecule has 1 aromatic heterocycles. The van der Waals surface area contributed by atoms with E-state index in [1.54, 1.807) is 12.1 Å². The van der Waals surface area contributed by atoms with Gasteiger partial charge >= 0.3 is 5.97 Å². The molecule has 2 rings (SSSR count). The van der Waals surface area contributed by atoms with E-state index in [1.807, 2.05) is 0 Å². The third kappa shape index (κ3) is 2.84. The Labute approximate surface area is 105 Å². The van der Waals surface area contributed by atoms with Gasteiger partial charge in [-0.2, -0.15) is 0 Å². The molecule has 92 valence electrons. The molecule has 0 spiro atoms. The highest BCUT2D eigenvalue weighted by Gasteiger charge is 2.08. The molecule has 0 saturated carbocycles. The Hall–Kier alpha value is -1.95. The molecule has 0 radical (unpaired) electrons. The van der Waals surface area contributed by atoms with Crippen molar-refractivity contribution < 1.29 is 18.7 Å². The lowest BCUT2D eigenvalue weighted by Gasteiger charge is -2.02. The van der Waals surface area contributed by atoms with E-state index >= 15 is 0 Å². The molecule has 0 unspecified atom stereocenters. The summed E-state index contributed by atoms with van der Waals surface area (Å²) in [5, 5.41) is 9.18. The van der Waals surface area contributed by atoms with Crippen LogP contribution in [0.4, 0.5) is 8.78 Å². The summed E-state index contributed by atoms with van der Waals surface area (Å²) in [7, 11) is 0. The Morgan fingerprint density at radius 3 is 2.61 bits per heavy atom. The van der Waals surface area contributed by atoms with E-state index in [4.69, 9.17) is 5.11 Å². The van der Waals surface area contributed by atoms with Crippen molar-refractivity contribution in [3.8, 4) is 0 Å². The minimum absolute atomic E-state index is 0.0948. The van der Waals surface area contributed by atoms with Crippen LogP contribution >= 0.6 is 11.8 Å². The third-order valence-corrected chi connectivity index (χ3v) is 2.98. The van der Waals surface area contributed by atoms with Crippen LogP contribution in [0.5, 0.6) is 0 Å². The number of benzene rings is 1. The first-order valence-corrected chi connectivity index (χ1v) is 5.71. The van der Waals surface area contributed by atoms with Crippen LogP contribution in [0.3, 0.4) is 0 Å². The number of hydrogen-bond donors (Lipinski definition) is 1. The Kier molecular flexibility index (Phi) is 3.57. The number of rotatable bonds is 3. The number of carboxylic acids is 1. The standard InChI is InChI=1S/C12H7F2NO2S/c13-8-5-4-7(6-9(8)14)18-11-3-1-2-10(15-11)12(16)17/h1-6H,(H,16,17). The molecule has 1 N–H and O–H groups in total. The van der Waals surface area contributed by atoms with Gasteiger partial charge in [-0.3, -0.25) is 0 Å². The maximum absolute atomic E-state index is 13.0.